The molecule has 0 fully saturated rings. The molecule has 0 bridgehead atoms. The molecule has 2 aromatic carbocycles. The van der Waals surface area contributed by atoms with Crippen LogP contribution >= 0.6 is 23.2 Å². The number of pyridine rings is 1. The summed E-state index contributed by atoms with van der Waals surface area (Å²) in [4.78, 5) is 16.9. The van der Waals surface area contributed by atoms with Gasteiger partial charge in [-0.2, -0.15) is 18.3 Å². The molecule has 0 spiro atoms. The Balaban J connectivity index is 1.46. The molecule has 31 heavy (non-hydrogen) atoms. The predicted octanol–water partition coefficient (Wildman–Crippen LogP) is 6.06. The Bertz CT molecular complexity index is 1270. The van der Waals surface area contributed by atoms with Crippen LogP contribution in [0, 0.1) is 0 Å². The van der Waals surface area contributed by atoms with E-state index in [1.165, 1.54) is 0 Å². The number of hydrogen-bond acceptors (Lipinski definition) is 3. The van der Waals surface area contributed by atoms with E-state index in [0.29, 0.717) is 27.5 Å². The highest BCUT2D eigenvalue weighted by atomic mass is 35.5. The van der Waals surface area contributed by atoms with Crippen molar-refractivity contribution in [1.82, 2.24) is 14.8 Å². The number of nitrogens with one attached hydrogen (secondary N) is 1. The van der Waals surface area contributed by atoms with Crippen molar-refractivity contribution in [2.24, 2.45) is 0 Å². The highest BCUT2D eigenvalue weighted by molar-refractivity contribution is 6.31. The zero-order chi connectivity index (χ0) is 22.2. The molecule has 4 aromatic rings. The Morgan fingerprint density at radius 3 is 2.42 bits per heavy atom. The monoisotopic (exact) mass is 464 g/mol. The van der Waals surface area contributed by atoms with Crippen LogP contribution in [0.2, 0.25) is 10.0 Å². The van der Waals surface area contributed by atoms with Crippen LogP contribution in [0.15, 0.2) is 60.8 Å². The van der Waals surface area contributed by atoms with Gasteiger partial charge in [0.05, 0.1) is 17.1 Å². The van der Waals surface area contributed by atoms with Crippen LogP contribution in [0.4, 0.5) is 19.0 Å². The number of aromatic nitrogens is 3. The fourth-order valence-electron chi connectivity index (χ4n) is 2.97. The van der Waals surface area contributed by atoms with Crippen molar-refractivity contribution in [2.45, 2.75) is 12.7 Å². The summed E-state index contributed by atoms with van der Waals surface area (Å²) in [6.07, 6.45) is -3.50. The number of benzene rings is 2. The number of rotatable bonds is 4. The number of amides is 1. The zero-order valence-corrected chi connectivity index (χ0v) is 17.1. The van der Waals surface area contributed by atoms with E-state index in [9.17, 15) is 18.0 Å². The van der Waals surface area contributed by atoms with Gasteiger partial charge in [0.2, 0.25) is 0 Å². The smallest absolute Gasteiger partial charge is 0.307 e. The molecule has 0 radical (unpaired) electrons. The molecule has 0 saturated heterocycles. The van der Waals surface area contributed by atoms with Gasteiger partial charge in [0.15, 0.2) is 5.69 Å². The minimum absolute atomic E-state index is 0.0741. The van der Waals surface area contributed by atoms with E-state index < -0.39 is 16.9 Å². The first-order valence-electron chi connectivity index (χ1n) is 8.96. The number of alkyl halides is 3. The molecule has 5 nitrogen and oxygen atoms in total. The average Bonchev–Trinajstić information content (AvgIpc) is 3.08. The Morgan fingerprint density at radius 1 is 1.03 bits per heavy atom. The van der Waals surface area contributed by atoms with Crippen LogP contribution < -0.4 is 5.32 Å². The van der Waals surface area contributed by atoms with Crippen molar-refractivity contribution in [2.75, 3.05) is 5.32 Å². The number of nitrogens with zero attached hydrogens (tertiary/aromatic N) is 3. The van der Waals surface area contributed by atoms with Gasteiger partial charge >= 0.3 is 6.18 Å². The van der Waals surface area contributed by atoms with Gasteiger partial charge < -0.3 is 5.32 Å². The second-order valence-corrected chi connectivity index (χ2v) is 7.55. The summed E-state index contributed by atoms with van der Waals surface area (Å²) in [7, 11) is 0. The van der Waals surface area contributed by atoms with Crippen molar-refractivity contribution in [3.63, 3.8) is 0 Å². The molecule has 1 amide bonds. The number of carbonyl (C=O) groups is 1. The van der Waals surface area contributed by atoms with E-state index in [2.05, 4.69) is 15.4 Å². The molecule has 158 valence electrons. The fraction of sp³-hybridized carbons (Fsp3) is 0.0952. The van der Waals surface area contributed by atoms with Crippen molar-refractivity contribution in [3.05, 3.63) is 87.7 Å². The van der Waals surface area contributed by atoms with E-state index in [-0.39, 0.29) is 12.5 Å². The Kier molecular flexibility index (Phi) is 5.60. The summed E-state index contributed by atoms with van der Waals surface area (Å²) in [6, 6.07) is 15.2. The molecule has 0 aliphatic rings. The highest BCUT2D eigenvalue weighted by Crippen LogP contribution is 2.33. The average molecular weight is 465 g/mol. The minimum Gasteiger partial charge on any atom is -0.307 e. The molecule has 2 heterocycles. The first-order chi connectivity index (χ1) is 14.7. The molecular weight excluding hydrogens is 452 g/mol. The summed E-state index contributed by atoms with van der Waals surface area (Å²) in [5.41, 5.74) is 0.542. The number of anilines is 1. The Morgan fingerprint density at radius 2 is 1.74 bits per heavy atom. The third kappa shape index (κ3) is 4.81. The lowest BCUT2D eigenvalue weighted by molar-refractivity contribution is -0.141. The standard InChI is InChI=1S/C21H13Cl2F3N4O/c22-15-7-5-13-6-8-18(27-17(13)9-15)28-20(31)14-3-1-12(2-4-14)10-30-11-16(23)19(29-30)21(24,25)26/h1-9,11H,10H2,(H,27,28,31). The quantitative estimate of drug-likeness (QED) is 0.399. The lowest BCUT2D eigenvalue weighted by Crippen LogP contribution is -2.13. The zero-order valence-electron chi connectivity index (χ0n) is 15.6. The first kappa shape index (κ1) is 21.1. The van der Waals surface area contributed by atoms with Gasteiger partial charge in [-0.3, -0.25) is 9.48 Å². The van der Waals surface area contributed by atoms with E-state index >= 15 is 0 Å². The summed E-state index contributed by atoms with van der Waals surface area (Å²) >= 11 is 11.6. The maximum atomic E-state index is 12.8. The van der Waals surface area contributed by atoms with Crippen LogP contribution in [0.3, 0.4) is 0 Å². The number of fused-ring (bicyclic) bond motifs is 1. The van der Waals surface area contributed by atoms with E-state index in [1.807, 2.05) is 12.1 Å². The van der Waals surface area contributed by atoms with Crippen LogP contribution in [0.25, 0.3) is 10.9 Å². The van der Waals surface area contributed by atoms with Gasteiger partial charge in [-0.05, 0) is 42.0 Å². The summed E-state index contributed by atoms with van der Waals surface area (Å²) in [5, 5.41) is 7.16. The molecule has 10 heteroatoms. The molecule has 0 aliphatic carbocycles. The van der Waals surface area contributed by atoms with Gasteiger partial charge in [0.1, 0.15) is 5.82 Å². The van der Waals surface area contributed by atoms with Gasteiger partial charge in [-0.25, -0.2) is 4.98 Å². The normalized spacial score (nSPS) is 11.6. The maximum absolute atomic E-state index is 12.8. The molecule has 2 aromatic heterocycles. The molecule has 0 unspecified atom stereocenters. The summed E-state index contributed by atoms with van der Waals surface area (Å²) in [5.74, 6) is -0.00312. The maximum Gasteiger partial charge on any atom is 0.436 e. The SMILES string of the molecule is O=C(Nc1ccc2ccc(Cl)cc2n1)c1ccc(Cn2cc(Cl)c(C(F)(F)F)n2)cc1. The molecular formula is C21H13Cl2F3N4O. The topological polar surface area (TPSA) is 59.8 Å². The predicted molar refractivity (Wildman–Crippen MR) is 112 cm³/mol. The second kappa shape index (κ2) is 8.20. The Hall–Kier alpha value is -3.10. The number of hydrogen-bond donors (Lipinski definition) is 1. The van der Waals surface area contributed by atoms with Gasteiger partial charge in [-0.15, -0.1) is 0 Å². The lowest BCUT2D eigenvalue weighted by Gasteiger charge is -2.07. The number of halogens is 5. The highest BCUT2D eigenvalue weighted by Gasteiger charge is 2.36. The molecule has 0 saturated carbocycles. The van der Waals surface area contributed by atoms with Crippen LogP contribution in [0.1, 0.15) is 21.6 Å². The lowest BCUT2D eigenvalue weighted by atomic mass is 10.1. The third-order valence-corrected chi connectivity index (χ3v) is 4.95. The van der Waals surface area contributed by atoms with E-state index in [0.717, 1.165) is 16.3 Å². The first-order valence-corrected chi connectivity index (χ1v) is 9.71. The Labute approximate surface area is 184 Å². The van der Waals surface area contributed by atoms with Crippen LogP contribution in [-0.2, 0) is 12.7 Å². The van der Waals surface area contributed by atoms with Crippen molar-refractivity contribution >= 4 is 45.8 Å². The summed E-state index contributed by atoms with van der Waals surface area (Å²) in [6.45, 7) is 0.0741. The van der Waals surface area contributed by atoms with Gasteiger partial charge in [0.25, 0.3) is 5.91 Å². The minimum atomic E-state index is -4.62. The largest absolute Gasteiger partial charge is 0.436 e. The van der Waals surface area contributed by atoms with Crippen molar-refractivity contribution in [1.29, 1.82) is 0 Å². The van der Waals surface area contributed by atoms with Crippen molar-refractivity contribution in [3.8, 4) is 0 Å². The van der Waals surface area contributed by atoms with E-state index in [4.69, 9.17) is 23.2 Å². The van der Waals surface area contributed by atoms with Crippen LogP contribution in [-0.4, -0.2) is 20.7 Å². The second-order valence-electron chi connectivity index (χ2n) is 6.71. The van der Waals surface area contributed by atoms with Crippen molar-refractivity contribution < 1.29 is 18.0 Å². The molecule has 4 rings (SSSR count). The van der Waals surface area contributed by atoms with Crippen LogP contribution in [0.5, 0.6) is 0 Å². The molecule has 0 atom stereocenters. The van der Waals surface area contributed by atoms with E-state index in [1.54, 1.807) is 42.5 Å². The third-order valence-electron chi connectivity index (χ3n) is 4.44. The molecule has 1 N–H and O–H groups in total. The van der Waals surface area contributed by atoms with Gasteiger partial charge in [0, 0.05) is 22.2 Å². The molecule has 0 aliphatic heterocycles. The van der Waals surface area contributed by atoms with Gasteiger partial charge in [-0.1, -0.05) is 41.4 Å². The fourth-order valence-corrected chi connectivity index (χ4v) is 3.39. The summed E-state index contributed by atoms with van der Waals surface area (Å²) < 4.78 is 39.5. The number of carbonyl (C=O) groups excluding carboxylic acids is 1.